The van der Waals surface area contributed by atoms with E-state index in [1.807, 2.05) is 24.3 Å². The number of rotatable bonds is 5. The van der Waals surface area contributed by atoms with Gasteiger partial charge in [0.2, 0.25) is 0 Å². The van der Waals surface area contributed by atoms with Gasteiger partial charge in [-0.2, -0.15) is 13.2 Å². The minimum atomic E-state index is -3.99. The molecule has 0 radical (unpaired) electrons. The van der Waals surface area contributed by atoms with Gasteiger partial charge in [0.05, 0.1) is 17.2 Å². The maximum Gasteiger partial charge on any atom is 0.391 e. The normalized spacial score (nSPS) is 15.0. The summed E-state index contributed by atoms with van der Waals surface area (Å²) in [7, 11) is 0. The van der Waals surface area contributed by atoms with E-state index < -0.39 is 12.1 Å². The number of anilines is 1. The van der Waals surface area contributed by atoms with Crippen molar-refractivity contribution in [1.82, 2.24) is 19.5 Å². The van der Waals surface area contributed by atoms with E-state index in [0.717, 1.165) is 46.5 Å². The van der Waals surface area contributed by atoms with Gasteiger partial charge in [0.1, 0.15) is 11.3 Å². The van der Waals surface area contributed by atoms with Crippen molar-refractivity contribution in [3.05, 3.63) is 90.1 Å². The fraction of sp³-hybridized carbons (Fsp3) is 0.303. The van der Waals surface area contributed by atoms with Gasteiger partial charge in [-0.15, -0.1) is 0 Å². The second-order valence-corrected chi connectivity index (χ2v) is 11.0. The molecule has 1 aliphatic carbocycles. The molecule has 0 amide bonds. The maximum atomic E-state index is 11.4. The number of hydrogen-bond donors (Lipinski definition) is 2. The zero-order valence-corrected chi connectivity index (χ0v) is 24.0. The van der Waals surface area contributed by atoms with Crippen molar-refractivity contribution in [2.75, 3.05) is 5.73 Å². The molecule has 1 fully saturated rings. The lowest BCUT2D eigenvalue weighted by Gasteiger charge is -2.38. The van der Waals surface area contributed by atoms with Crippen molar-refractivity contribution in [2.24, 2.45) is 11.7 Å². The first-order valence-electron chi connectivity index (χ1n) is 14.1. The van der Waals surface area contributed by atoms with E-state index in [1.165, 1.54) is 31.4 Å². The first-order chi connectivity index (χ1) is 20.0. The highest BCUT2D eigenvalue weighted by Crippen LogP contribution is 2.39. The molecule has 3 heterocycles. The first kappa shape index (κ1) is 29.3. The molecule has 6 rings (SSSR count). The van der Waals surface area contributed by atoms with Crippen molar-refractivity contribution < 1.29 is 13.2 Å². The van der Waals surface area contributed by atoms with Crippen LogP contribution in [0.25, 0.3) is 39.5 Å². The van der Waals surface area contributed by atoms with Crippen LogP contribution in [0.2, 0.25) is 0 Å². The third-order valence-corrected chi connectivity index (χ3v) is 8.02. The SMILES string of the molecule is CCC(C)C(F)(F)F.Cc1cccc(-c2ccc3nc(-c4cccnc4N)n(-c4ccc(C5(N)CCC5)cc4)c3n2)c1. The minimum Gasteiger partial charge on any atom is -0.383 e. The van der Waals surface area contributed by atoms with Crippen LogP contribution in [-0.4, -0.2) is 25.7 Å². The summed E-state index contributed by atoms with van der Waals surface area (Å²) < 4.78 is 36.4. The quantitative estimate of drug-likeness (QED) is 0.223. The monoisotopic (exact) mass is 572 g/mol. The molecule has 0 bridgehead atoms. The van der Waals surface area contributed by atoms with Gasteiger partial charge in [-0.1, -0.05) is 49.7 Å². The molecular weight excluding hydrogens is 537 g/mol. The van der Waals surface area contributed by atoms with E-state index >= 15 is 0 Å². The molecule has 5 aromatic rings. The number of fused-ring (bicyclic) bond motifs is 1. The summed E-state index contributed by atoms with van der Waals surface area (Å²) in [6, 6.07) is 24.7. The van der Waals surface area contributed by atoms with Crippen LogP contribution >= 0.6 is 0 Å². The summed E-state index contributed by atoms with van der Waals surface area (Å²) in [4.78, 5) is 14.3. The number of hydrogen-bond acceptors (Lipinski definition) is 5. The Balaban J connectivity index is 0.000000390. The average molecular weight is 573 g/mol. The Bertz CT molecular complexity index is 1690. The van der Waals surface area contributed by atoms with E-state index in [0.29, 0.717) is 11.6 Å². The molecule has 1 saturated carbocycles. The molecule has 3 aromatic heterocycles. The molecule has 42 heavy (non-hydrogen) atoms. The van der Waals surface area contributed by atoms with E-state index in [1.54, 1.807) is 6.20 Å². The highest BCUT2D eigenvalue weighted by molar-refractivity contribution is 5.84. The van der Waals surface area contributed by atoms with Crippen LogP contribution in [0.15, 0.2) is 79.0 Å². The predicted molar refractivity (Wildman–Crippen MR) is 162 cm³/mol. The average Bonchev–Trinajstić information content (AvgIpc) is 3.34. The number of aryl methyl sites for hydroxylation is 1. The summed E-state index contributed by atoms with van der Waals surface area (Å²) in [6.07, 6.45) is 1.10. The third kappa shape index (κ3) is 5.87. The summed E-state index contributed by atoms with van der Waals surface area (Å²) in [5.74, 6) is 0.000751. The van der Waals surface area contributed by atoms with Gasteiger partial charge in [-0.05, 0) is 80.6 Å². The summed E-state index contributed by atoms with van der Waals surface area (Å²) in [5, 5.41) is 0. The second kappa shape index (κ2) is 11.6. The third-order valence-electron chi connectivity index (χ3n) is 8.02. The Hall–Kier alpha value is -4.24. The van der Waals surface area contributed by atoms with Crippen molar-refractivity contribution >= 4 is 17.0 Å². The molecule has 0 spiro atoms. The largest absolute Gasteiger partial charge is 0.391 e. The highest BCUT2D eigenvalue weighted by atomic mass is 19.4. The van der Waals surface area contributed by atoms with Crippen LogP contribution < -0.4 is 11.5 Å². The number of imidazole rings is 1. The Morgan fingerprint density at radius 1 is 0.976 bits per heavy atom. The second-order valence-electron chi connectivity index (χ2n) is 11.0. The van der Waals surface area contributed by atoms with E-state index in [2.05, 4.69) is 65.0 Å². The van der Waals surface area contributed by atoms with Gasteiger partial charge >= 0.3 is 6.18 Å². The molecule has 9 heteroatoms. The van der Waals surface area contributed by atoms with Gasteiger partial charge in [0.25, 0.3) is 0 Å². The predicted octanol–water partition coefficient (Wildman–Crippen LogP) is 7.97. The molecule has 2 aromatic carbocycles. The van der Waals surface area contributed by atoms with Gasteiger partial charge < -0.3 is 11.5 Å². The number of benzene rings is 2. The standard InChI is InChI=1S/C28H26N6.C5H9F3/c1-18-5-2-6-19(17-18)23-12-13-24-27(32-23)34(26(33-24)22-7-3-16-31-25(22)29)21-10-8-20(9-11-21)28(30)14-4-15-28;1-3-4(2)5(6,7)8/h2-3,5-13,16-17H,4,14-15,30H2,1H3,(H2,29,31);4H,3H2,1-2H3. The lowest BCUT2D eigenvalue weighted by molar-refractivity contribution is -0.170. The minimum absolute atomic E-state index is 0.170. The van der Waals surface area contributed by atoms with Crippen LogP contribution in [0.1, 0.15) is 50.7 Å². The lowest BCUT2D eigenvalue weighted by atomic mass is 9.73. The fourth-order valence-corrected chi connectivity index (χ4v) is 4.97. The van der Waals surface area contributed by atoms with E-state index in [-0.39, 0.29) is 12.0 Å². The number of nitrogens with zero attached hydrogens (tertiary/aromatic N) is 4. The number of halogens is 3. The Morgan fingerprint density at radius 3 is 2.29 bits per heavy atom. The molecular formula is C33H35F3N6. The van der Waals surface area contributed by atoms with Gasteiger partial charge in [0.15, 0.2) is 11.5 Å². The zero-order valence-electron chi connectivity index (χ0n) is 24.0. The van der Waals surface area contributed by atoms with Crippen LogP contribution in [0.3, 0.4) is 0 Å². The number of aromatic nitrogens is 4. The maximum absolute atomic E-state index is 11.4. The van der Waals surface area contributed by atoms with E-state index in [4.69, 9.17) is 21.4 Å². The zero-order chi connectivity index (χ0) is 30.1. The Labute approximate surface area is 243 Å². The van der Waals surface area contributed by atoms with Crippen molar-refractivity contribution in [3.8, 4) is 28.3 Å². The molecule has 0 saturated heterocycles. The number of alkyl halides is 3. The lowest BCUT2D eigenvalue weighted by Crippen LogP contribution is -2.43. The van der Waals surface area contributed by atoms with Crippen molar-refractivity contribution in [1.29, 1.82) is 0 Å². The molecule has 218 valence electrons. The number of nitrogen functional groups attached to an aromatic ring is 1. The summed E-state index contributed by atoms with van der Waals surface area (Å²) >= 11 is 0. The van der Waals surface area contributed by atoms with Crippen molar-refractivity contribution in [2.45, 2.75) is 58.2 Å². The van der Waals surface area contributed by atoms with Gasteiger partial charge in [-0.25, -0.2) is 15.0 Å². The summed E-state index contributed by atoms with van der Waals surface area (Å²) in [6.45, 7) is 4.79. The molecule has 4 N–H and O–H groups in total. The van der Waals surface area contributed by atoms with E-state index in [9.17, 15) is 13.2 Å². The topological polar surface area (TPSA) is 95.6 Å². The highest BCUT2D eigenvalue weighted by Gasteiger charge is 2.34. The molecule has 1 aliphatic rings. The molecule has 1 atom stereocenters. The van der Waals surface area contributed by atoms with Crippen LogP contribution in [0.5, 0.6) is 0 Å². The fourth-order valence-electron chi connectivity index (χ4n) is 4.97. The molecule has 6 nitrogen and oxygen atoms in total. The van der Waals surface area contributed by atoms with Gasteiger partial charge in [0, 0.05) is 23.0 Å². The first-order valence-corrected chi connectivity index (χ1v) is 14.1. The molecule has 0 aliphatic heterocycles. The molecule has 1 unspecified atom stereocenters. The summed E-state index contributed by atoms with van der Waals surface area (Å²) in [5.41, 5.74) is 20.3. The van der Waals surface area contributed by atoms with Crippen LogP contribution in [0, 0.1) is 12.8 Å². The van der Waals surface area contributed by atoms with Crippen LogP contribution in [-0.2, 0) is 5.54 Å². The van der Waals surface area contributed by atoms with Crippen LogP contribution in [0.4, 0.5) is 19.0 Å². The Morgan fingerprint density at radius 2 is 1.71 bits per heavy atom. The Kier molecular flexibility index (Phi) is 8.06. The van der Waals surface area contributed by atoms with Gasteiger partial charge in [-0.3, -0.25) is 4.57 Å². The smallest absolute Gasteiger partial charge is 0.383 e. The van der Waals surface area contributed by atoms with Crippen molar-refractivity contribution in [3.63, 3.8) is 0 Å². The number of nitrogens with two attached hydrogens (primary N) is 2. The number of pyridine rings is 2.